The van der Waals surface area contributed by atoms with Gasteiger partial charge in [0.2, 0.25) is 0 Å². The minimum atomic E-state index is -1.11. The Morgan fingerprint density at radius 1 is 1.35 bits per heavy atom. The first-order chi connectivity index (χ1) is 9.49. The smallest absolute Gasteiger partial charge is 0.313 e. The molecule has 2 aromatic rings. The molecule has 1 heterocycles. The molecule has 0 aliphatic heterocycles. The van der Waals surface area contributed by atoms with E-state index >= 15 is 0 Å². The highest BCUT2D eigenvalue weighted by Crippen LogP contribution is 2.23. The van der Waals surface area contributed by atoms with Crippen LogP contribution in [0.25, 0.3) is 0 Å². The van der Waals surface area contributed by atoms with Gasteiger partial charge in [-0.15, -0.1) is 0 Å². The first-order valence-corrected chi connectivity index (χ1v) is 6.72. The Morgan fingerprint density at radius 3 is 2.60 bits per heavy atom. The molecule has 0 bridgehead atoms. The minimum Gasteiger partial charge on any atom is -0.481 e. The molecular formula is C14H12BrFN2O2. The lowest BCUT2D eigenvalue weighted by molar-refractivity contribution is -0.138. The van der Waals surface area contributed by atoms with Crippen molar-refractivity contribution < 1.29 is 14.3 Å². The van der Waals surface area contributed by atoms with Gasteiger partial charge in [0.05, 0.1) is 11.4 Å². The van der Waals surface area contributed by atoms with E-state index in [0.29, 0.717) is 0 Å². The van der Waals surface area contributed by atoms with Crippen LogP contribution in [0, 0.1) is 12.7 Å². The molecule has 4 nitrogen and oxygen atoms in total. The maximum atomic E-state index is 14.0. The summed E-state index contributed by atoms with van der Waals surface area (Å²) in [4.78, 5) is 18.9. The molecule has 0 fully saturated rings. The van der Waals surface area contributed by atoms with E-state index in [4.69, 9.17) is 0 Å². The number of aryl methyl sites for hydroxylation is 1. The summed E-state index contributed by atoms with van der Waals surface area (Å²) in [5.41, 5.74) is 0.876. The van der Waals surface area contributed by atoms with Crippen LogP contribution < -0.4 is 0 Å². The van der Waals surface area contributed by atoms with Crippen molar-refractivity contribution >= 4 is 21.9 Å². The van der Waals surface area contributed by atoms with Gasteiger partial charge in [0.25, 0.3) is 0 Å². The van der Waals surface area contributed by atoms with Gasteiger partial charge in [-0.1, -0.05) is 28.1 Å². The molecule has 2 rings (SSSR count). The fourth-order valence-electron chi connectivity index (χ4n) is 1.88. The van der Waals surface area contributed by atoms with E-state index < -0.39 is 17.7 Å². The molecule has 0 saturated heterocycles. The van der Waals surface area contributed by atoms with Crippen molar-refractivity contribution in [3.63, 3.8) is 0 Å². The van der Waals surface area contributed by atoms with Crippen molar-refractivity contribution in [2.75, 3.05) is 0 Å². The van der Waals surface area contributed by atoms with Crippen molar-refractivity contribution in [2.45, 2.75) is 19.3 Å². The standard InChI is InChI=1S/C14H12BrFN2O2/c1-8-12(16)13(18-7-17-8)11(14(19)20)6-9-2-4-10(15)5-3-9/h2-5,7,11H,6H2,1H3,(H,19,20). The number of aromatic nitrogens is 2. The van der Waals surface area contributed by atoms with E-state index in [1.807, 2.05) is 12.1 Å². The second-order valence-corrected chi connectivity index (χ2v) is 5.30. The second-order valence-electron chi connectivity index (χ2n) is 4.38. The van der Waals surface area contributed by atoms with Gasteiger partial charge in [0.1, 0.15) is 12.2 Å². The zero-order valence-electron chi connectivity index (χ0n) is 10.7. The second kappa shape index (κ2) is 6.09. The van der Waals surface area contributed by atoms with E-state index in [1.165, 1.54) is 13.3 Å². The molecule has 1 atom stereocenters. The topological polar surface area (TPSA) is 63.1 Å². The third-order valence-corrected chi connectivity index (χ3v) is 3.50. The van der Waals surface area contributed by atoms with E-state index in [1.54, 1.807) is 12.1 Å². The molecule has 1 aromatic heterocycles. The molecule has 1 aromatic carbocycles. The Hall–Kier alpha value is -1.82. The first kappa shape index (κ1) is 14.6. The summed E-state index contributed by atoms with van der Waals surface area (Å²) in [6.45, 7) is 1.49. The molecule has 6 heteroatoms. The molecule has 104 valence electrons. The largest absolute Gasteiger partial charge is 0.481 e. The zero-order chi connectivity index (χ0) is 14.7. The monoisotopic (exact) mass is 338 g/mol. The van der Waals surface area contributed by atoms with Gasteiger partial charge in [0, 0.05) is 4.47 Å². The van der Waals surface area contributed by atoms with Crippen molar-refractivity contribution in [1.29, 1.82) is 0 Å². The highest BCUT2D eigenvalue weighted by Gasteiger charge is 2.26. The Labute approximate surface area is 123 Å². The molecular weight excluding hydrogens is 327 g/mol. The molecule has 0 aliphatic rings. The van der Waals surface area contributed by atoms with Crippen LogP contribution in [0.1, 0.15) is 22.9 Å². The predicted octanol–water partition coefficient (Wildman–Crippen LogP) is 3.10. The van der Waals surface area contributed by atoms with Crippen LogP contribution >= 0.6 is 15.9 Å². The van der Waals surface area contributed by atoms with Crippen LogP contribution in [0.2, 0.25) is 0 Å². The predicted molar refractivity (Wildman–Crippen MR) is 74.9 cm³/mol. The van der Waals surface area contributed by atoms with Crippen molar-refractivity contribution in [1.82, 2.24) is 9.97 Å². The molecule has 1 N–H and O–H groups in total. The van der Waals surface area contributed by atoms with Crippen LogP contribution in [0.3, 0.4) is 0 Å². The minimum absolute atomic E-state index is 0.0760. The highest BCUT2D eigenvalue weighted by atomic mass is 79.9. The van der Waals surface area contributed by atoms with E-state index in [-0.39, 0.29) is 17.8 Å². The molecule has 0 radical (unpaired) electrons. The van der Waals surface area contributed by atoms with Gasteiger partial charge in [-0.2, -0.15) is 0 Å². The summed E-state index contributed by atoms with van der Waals surface area (Å²) in [7, 11) is 0. The summed E-state index contributed by atoms with van der Waals surface area (Å²) in [5, 5.41) is 9.32. The normalized spacial score (nSPS) is 12.2. The number of nitrogens with zero attached hydrogens (tertiary/aromatic N) is 2. The van der Waals surface area contributed by atoms with Crippen LogP contribution in [0.4, 0.5) is 4.39 Å². The molecule has 0 spiro atoms. The van der Waals surface area contributed by atoms with Gasteiger partial charge >= 0.3 is 5.97 Å². The fourth-order valence-corrected chi connectivity index (χ4v) is 2.14. The summed E-state index contributed by atoms with van der Waals surface area (Å²) < 4.78 is 14.9. The number of carboxylic acids is 1. The number of halogens is 2. The lowest BCUT2D eigenvalue weighted by atomic mass is 9.95. The zero-order valence-corrected chi connectivity index (χ0v) is 12.3. The summed E-state index contributed by atoms with van der Waals surface area (Å²) in [6, 6.07) is 7.23. The van der Waals surface area contributed by atoms with Crippen LogP contribution in [0.15, 0.2) is 35.1 Å². The Balaban J connectivity index is 2.34. The third-order valence-electron chi connectivity index (χ3n) is 2.97. The van der Waals surface area contributed by atoms with Crippen LogP contribution in [-0.2, 0) is 11.2 Å². The fraction of sp³-hybridized carbons (Fsp3) is 0.214. The number of rotatable bonds is 4. The van der Waals surface area contributed by atoms with Gasteiger partial charge in [0.15, 0.2) is 5.82 Å². The van der Waals surface area contributed by atoms with Crippen molar-refractivity contribution in [3.8, 4) is 0 Å². The Morgan fingerprint density at radius 2 is 2.00 bits per heavy atom. The average Bonchev–Trinajstić information content (AvgIpc) is 2.41. The number of hydrogen-bond acceptors (Lipinski definition) is 3. The lowest BCUT2D eigenvalue weighted by Gasteiger charge is -2.13. The van der Waals surface area contributed by atoms with Crippen molar-refractivity contribution in [2.24, 2.45) is 0 Å². The molecule has 0 aliphatic carbocycles. The van der Waals surface area contributed by atoms with Crippen LogP contribution in [-0.4, -0.2) is 21.0 Å². The summed E-state index contributed by atoms with van der Waals surface area (Å²) >= 11 is 3.31. The number of carboxylic acid groups (broad SMARTS) is 1. The summed E-state index contributed by atoms with van der Waals surface area (Å²) in [5.74, 6) is -2.79. The molecule has 1 unspecified atom stereocenters. The lowest BCUT2D eigenvalue weighted by Crippen LogP contribution is -2.18. The van der Waals surface area contributed by atoms with Gasteiger partial charge in [-0.3, -0.25) is 4.79 Å². The highest BCUT2D eigenvalue weighted by molar-refractivity contribution is 9.10. The van der Waals surface area contributed by atoms with E-state index in [0.717, 1.165) is 10.0 Å². The van der Waals surface area contributed by atoms with E-state index in [9.17, 15) is 14.3 Å². The quantitative estimate of drug-likeness (QED) is 0.930. The first-order valence-electron chi connectivity index (χ1n) is 5.93. The molecule has 0 amide bonds. The third kappa shape index (κ3) is 3.19. The summed E-state index contributed by atoms with van der Waals surface area (Å²) in [6.07, 6.45) is 1.36. The van der Waals surface area contributed by atoms with Crippen LogP contribution in [0.5, 0.6) is 0 Å². The maximum Gasteiger partial charge on any atom is 0.313 e. The van der Waals surface area contributed by atoms with Gasteiger partial charge in [-0.05, 0) is 31.0 Å². The maximum absolute atomic E-state index is 14.0. The number of hydrogen-bond donors (Lipinski definition) is 1. The van der Waals surface area contributed by atoms with Crippen molar-refractivity contribution in [3.05, 3.63) is 57.8 Å². The van der Waals surface area contributed by atoms with E-state index in [2.05, 4.69) is 25.9 Å². The number of benzene rings is 1. The number of carbonyl (C=O) groups is 1. The van der Waals surface area contributed by atoms with Gasteiger partial charge in [-0.25, -0.2) is 14.4 Å². The molecule has 0 saturated carbocycles. The van der Waals surface area contributed by atoms with Gasteiger partial charge < -0.3 is 5.11 Å². The SMILES string of the molecule is Cc1ncnc(C(Cc2ccc(Br)cc2)C(=O)O)c1F. The molecule has 20 heavy (non-hydrogen) atoms. The Bertz CT molecular complexity index is 632. The number of aliphatic carboxylic acids is 1. The average molecular weight is 339 g/mol. The Kier molecular flexibility index (Phi) is 4.44.